The van der Waals surface area contributed by atoms with Crippen LogP contribution in [0.1, 0.15) is 5.56 Å². The van der Waals surface area contributed by atoms with Crippen molar-refractivity contribution in [3.63, 3.8) is 0 Å². The fourth-order valence-electron chi connectivity index (χ4n) is 1.62. The summed E-state index contributed by atoms with van der Waals surface area (Å²) in [4.78, 5) is 11.7. The highest BCUT2D eigenvalue weighted by Gasteiger charge is 2.05. The molecule has 104 valence electrons. The van der Waals surface area contributed by atoms with E-state index < -0.39 is 0 Å². The third-order valence-electron chi connectivity index (χ3n) is 2.61. The van der Waals surface area contributed by atoms with E-state index in [1.807, 2.05) is 0 Å². The van der Waals surface area contributed by atoms with E-state index in [9.17, 15) is 9.18 Å². The van der Waals surface area contributed by atoms with Crippen LogP contribution >= 0.6 is 11.6 Å². The second-order valence-electron chi connectivity index (χ2n) is 4.26. The lowest BCUT2D eigenvalue weighted by Gasteiger charge is -2.08. The summed E-state index contributed by atoms with van der Waals surface area (Å²) < 4.78 is 18.4. The number of nitrogens with one attached hydrogen (secondary N) is 1. The number of anilines is 1. The Bertz CT molecular complexity index is 631. The number of aryl methyl sites for hydroxylation is 1. The third-order valence-corrected chi connectivity index (χ3v) is 2.84. The number of rotatable bonds is 4. The summed E-state index contributed by atoms with van der Waals surface area (Å²) in [5.74, 6) is -0.167. The normalized spacial score (nSPS) is 10.2. The molecule has 0 radical (unpaired) electrons. The molecule has 2 aromatic carbocycles. The van der Waals surface area contributed by atoms with Gasteiger partial charge in [-0.1, -0.05) is 17.7 Å². The van der Waals surface area contributed by atoms with Gasteiger partial charge >= 0.3 is 0 Å². The Morgan fingerprint density at radius 2 is 2.10 bits per heavy atom. The number of benzene rings is 2. The van der Waals surface area contributed by atoms with Crippen LogP contribution < -0.4 is 10.1 Å². The molecule has 1 amide bonds. The smallest absolute Gasteiger partial charge is 0.262 e. The Morgan fingerprint density at radius 1 is 1.30 bits per heavy atom. The zero-order valence-corrected chi connectivity index (χ0v) is 11.6. The van der Waals surface area contributed by atoms with Gasteiger partial charge in [0.15, 0.2) is 6.61 Å². The number of halogens is 2. The predicted molar refractivity (Wildman–Crippen MR) is 76.7 cm³/mol. The van der Waals surface area contributed by atoms with Crippen molar-refractivity contribution in [2.24, 2.45) is 0 Å². The molecule has 0 spiro atoms. The number of hydrogen-bond donors (Lipinski definition) is 1. The minimum atomic E-state index is -0.311. The number of hydrogen-bond acceptors (Lipinski definition) is 2. The maximum Gasteiger partial charge on any atom is 0.262 e. The standard InChI is InChI=1S/C15H13ClFNO2/c1-10-7-13(5-6-14(10)17)20-9-15(19)18-12-4-2-3-11(16)8-12/h2-8H,9H2,1H3,(H,18,19). The van der Waals surface area contributed by atoms with Crippen molar-refractivity contribution in [2.45, 2.75) is 6.92 Å². The van der Waals surface area contributed by atoms with Crippen LogP contribution in [0.2, 0.25) is 5.02 Å². The van der Waals surface area contributed by atoms with Crippen molar-refractivity contribution in [3.8, 4) is 5.75 Å². The highest BCUT2D eigenvalue weighted by Crippen LogP contribution is 2.17. The van der Waals surface area contributed by atoms with Crippen LogP contribution in [0.4, 0.5) is 10.1 Å². The summed E-state index contributed by atoms with van der Waals surface area (Å²) in [7, 11) is 0. The summed E-state index contributed by atoms with van der Waals surface area (Å²) in [5.41, 5.74) is 1.07. The van der Waals surface area contributed by atoms with Crippen molar-refractivity contribution in [1.82, 2.24) is 0 Å². The Kier molecular flexibility index (Phi) is 4.58. The number of carbonyl (C=O) groups is 1. The maximum absolute atomic E-state index is 13.1. The molecule has 0 atom stereocenters. The zero-order chi connectivity index (χ0) is 14.5. The number of carbonyl (C=O) groups excluding carboxylic acids is 1. The minimum absolute atomic E-state index is 0.155. The molecule has 0 aliphatic rings. The van der Waals surface area contributed by atoms with E-state index in [-0.39, 0.29) is 18.3 Å². The summed E-state index contributed by atoms with van der Waals surface area (Å²) in [5, 5.41) is 3.20. The molecule has 1 N–H and O–H groups in total. The molecule has 0 unspecified atom stereocenters. The van der Waals surface area contributed by atoms with Crippen LogP contribution in [0.5, 0.6) is 5.75 Å². The molecule has 0 aromatic heterocycles. The molecule has 0 saturated carbocycles. The molecular weight excluding hydrogens is 281 g/mol. The van der Waals surface area contributed by atoms with Gasteiger partial charge in [-0.3, -0.25) is 4.79 Å². The highest BCUT2D eigenvalue weighted by atomic mass is 35.5. The van der Waals surface area contributed by atoms with Gasteiger partial charge in [-0.15, -0.1) is 0 Å². The van der Waals surface area contributed by atoms with Gasteiger partial charge in [-0.05, 0) is 48.9 Å². The lowest BCUT2D eigenvalue weighted by Crippen LogP contribution is -2.20. The molecule has 2 aromatic rings. The number of ether oxygens (including phenoxy) is 1. The molecule has 0 aliphatic heterocycles. The minimum Gasteiger partial charge on any atom is -0.484 e. The van der Waals surface area contributed by atoms with Gasteiger partial charge in [0.05, 0.1) is 0 Å². The second-order valence-corrected chi connectivity index (χ2v) is 4.69. The van der Waals surface area contributed by atoms with E-state index in [4.69, 9.17) is 16.3 Å². The fourth-order valence-corrected chi connectivity index (χ4v) is 1.81. The lowest BCUT2D eigenvalue weighted by molar-refractivity contribution is -0.118. The molecule has 0 saturated heterocycles. The molecule has 0 fully saturated rings. The van der Waals surface area contributed by atoms with Crippen molar-refractivity contribution >= 4 is 23.2 Å². The number of amides is 1. The van der Waals surface area contributed by atoms with Gasteiger partial charge in [0.1, 0.15) is 11.6 Å². The molecular formula is C15H13ClFNO2. The van der Waals surface area contributed by atoms with Gasteiger partial charge in [0.2, 0.25) is 0 Å². The highest BCUT2D eigenvalue weighted by molar-refractivity contribution is 6.30. The van der Waals surface area contributed by atoms with Gasteiger partial charge in [0.25, 0.3) is 5.91 Å². The first-order chi connectivity index (χ1) is 9.54. The topological polar surface area (TPSA) is 38.3 Å². The monoisotopic (exact) mass is 293 g/mol. The first kappa shape index (κ1) is 14.3. The Labute approximate surface area is 121 Å². The largest absolute Gasteiger partial charge is 0.484 e. The van der Waals surface area contributed by atoms with Crippen LogP contribution in [0.15, 0.2) is 42.5 Å². The van der Waals surface area contributed by atoms with Crippen molar-refractivity contribution in [3.05, 3.63) is 58.9 Å². The van der Waals surface area contributed by atoms with E-state index in [1.165, 1.54) is 12.1 Å². The molecule has 5 heteroatoms. The predicted octanol–water partition coefficient (Wildman–Crippen LogP) is 3.81. The second kappa shape index (κ2) is 6.39. The van der Waals surface area contributed by atoms with Crippen molar-refractivity contribution < 1.29 is 13.9 Å². The first-order valence-corrected chi connectivity index (χ1v) is 6.37. The SMILES string of the molecule is Cc1cc(OCC(=O)Nc2cccc(Cl)c2)ccc1F. The summed E-state index contributed by atoms with van der Waals surface area (Å²) in [6.07, 6.45) is 0. The Hall–Kier alpha value is -2.07. The van der Waals surface area contributed by atoms with Crippen LogP contribution in [0, 0.1) is 12.7 Å². The Morgan fingerprint density at radius 3 is 2.80 bits per heavy atom. The summed E-state index contributed by atoms with van der Waals surface area (Å²) in [6.45, 7) is 1.48. The summed E-state index contributed by atoms with van der Waals surface area (Å²) >= 11 is 5.82. The lowest BCUT2D eigenvalue weighted by atomic mass is 10.2. The molecule has 20 heavy (non-hydrogen) atoms. The zero-order valence-electron chi connectivity index (χ0n) is 10.8. The maximum atomic E-state index is 13.1. The third kappa shape index (κ3) is 3.96. The van der Waals surface area contributed by atoms with E-state index in [2.05, 4.69) is 5.32 Å². The van der Waals surface area contributed by atoms with Gasteiger partial charge < -0.3 is 10.1 Å². The van der Waals surface area contributed by atoms with Gasteiger partial charge in [-0.2, -0.15) is 0 Å². The molecule has 2 rings (SSSR count). The van der Waals surface area contributed by atoms with Crippen LogP contribution in [-0.4, -0.2) is 12.5 Å². The molecule has 0 bridgehead atoms. The van der Waals surface area contributed by atoms with E-state index in [1.54, 1.807) is 37.3 Å². The van der Waals surface area contributed by atoms with Crippen LogP contribution in [0.25, 0.3) is 0 Å². The van der Waals surface area contributed by atoms with Gasteiger partial charge in [0, 0.05) is 10.7 Å². The molecule has 0 heterocycles. The van der Waals surface area contributed by atoms with E-state index in [0.29, 0.717) is 22.0 Å². The first-order valence-electron chi connectivity index (χ1n) is 5.99. The molecule has 0 aliphatic carbocycles. The average molecular weight is 294 g/mol. The van der Waals surface area contributed by atoms with Crippen molar-refractivity contribution in [1.29, 1.82) is 0 Å². The van der Waals surface area contributed by atoms with Crippen LogP contribution in [0.3, 0.4) is 0 Å². The van der Waals surface area contributed by atoms with E-state index >= 15 is 0 Å². The Balaban J connectivity index is 1.90. The average Bonchev–Trinajstić information content (AvgIpc) is 2.40. The van der Waals surface area contributed by atoms with Crippen LogP contribution in [-0.2, 0) is 4.79 Å². The molecule has 3 nitrogen and oxygen atoms in total. The summed E-state index contributed by atoms with van der Waals surface area (Å²) in [6, 6.07) is 11.2. The van der Waals surface area contributed by atoms with Crippen molar-refractivity contribution in [2.75, 3.05) is 11.9 Å². The van der Waals surface area contributed by atoms with E-state index in [0.717, 1.165) is 0 Å². The quantitative estimate of drug-likeness (QED) is 0.931. The van der Waals surface area contributed by atoms with Gasteiger partial charge in [-0.25, -0.2) is 4.39 Å². The fraction of sp³-hybridized carbons (Fsp3) is 0.133.